The Balaban J connectivity index is 2.16. The monoisotopic (exact) mass is 280 g/mol. The van der Waals surface area contributed by atoms with Crippen LogP contribution in [0.3, 0.4) is 0 Å². The van der Waals surface area contributed by atoms with Crippen LogP contribution in [-0.2, 0) is 23.9 Å². The van der Waals surface area contributed by atoms with Crippen LogP contribution < -0.4 is 5.32 Å². The number of ether oxygens (including phenoxy) is 1. The highest BCUT2D eigenvalue weighted by molar-refractivity contribution is 7.11. The van der Waals surface area contributed by atoms with Crippen LogP contribution in [0.4, 0.5) is 13.2 Å². The van der Waals surface area contributed by atoms with Gasteiger partial charge in [0, 0.05) is 26.2 Å². The van der Waals surface area contributed by atoms with E-state index in [1.54, 1.807) is 7.05 Å². The fourth-order valence-corrected chi connectivity index (χ4v) is 3.20. The van der Waals surface area contributed by atoms with E-state index < -0.39 is 11.9 Å². The van der Waals surface area contributed by atoms with Crippen molar-refractivity contribution in [3.05, 3.63) is 15.6 Å². The largest absolute Gasteiger partial charge is 0.434 e. The molecule has 1 N–H and O–H groups in total. The molecule has 0 aliphatic carbocycles. The van der Waals surface area contributed by atoms with E-state index in [4.69, 9.17) is 4.74 Å². The van der Waals surface area contributed by atoms with Gasteiger partial charge in [-0.25, -0.2) is 4.98 Å². The zero-order valence-electron chi connectivity index (χ0n) is 10.0. The van der Waals surface area contributed by atoms with Crippen molar-refractivity contribution < 1.29 is 17.9 Å². The van der Waals surface area contributed by atoms with Crippen molar-refractivity contribution in [3.63, 3.8) is 0 Å². The second-order valence-electron chi connectivity index (χ2n) is 4.34. The summed E-state index contributed by atoms with van der Waals surface area (Å²) in [5, 5.41) is 3.31. The highest BCUT2D eigenvalue weighted by Crippen LogP contribution is 2.35. The lowest BCUT2D eigenvalue weighted by molar-refractivity contribution is -0.141. The summed E-state index contributed by atoms with van der Waals surface area (Å²) in [5.74, 6) is 0.305. The molecule has 1 atom stereocenters. The molecule has 1 unspecified atom stereocenters. The molecule has 0 spiro atoms. The van der Waals surface area contributed by atoms with Crippen molar-refractivity contribution >= 4 is 11.3 Å². The highest BCUT2D eigenvalue weighted by atomic mass is 32.1. The van der Waals surface area contributed by atoms with Crippen molar-refractivity contribution in [3.8, 4) is 0 Å². The van der Waals surface area contributed by atoms with E-state index in [2.05, 4.69) is 10.3 Å². The molecule has 1 aromatic heterocycles. The Morgan fingerprint density at radius 1 is 1.50 bits per heavy atom. The first-order valence-corrected chi connectivity index (χ1v) is 6.60. The Labute approximate surface area is 107 Å². The molecule has 0 aromatic carbocycles. The van der Waals surface area contributed by atoms with Crippen molar-refractivity contribution in [1.82, 2.24) is 10.3 Å². The molecular formula is C11H15F3N2OS. The van der Waals surface area contributed by atoms with E-state index in [1.165, 1.54) is 0 Å². The topological polar surface area (TPSA) is 34.1 Å². The molecule has 0 saturated carbocycles. The summed E-state index contributed by atoms with van der Waals surface area (Å²) in [6.07, 6.45) is -2.88. The van der Waals surface area contributed by atoms with Crippen LogP contribution in [0.5, 0.6) is 0 Å². The van der Waals surface area contributed by atoms with Gasteiger partial charge in [0.05, 0.1) is 9.88 Å². The number of nitrogens with one attached hydrogen (secondary N) is 1. The quantitative estimate of drug-likeness (QED) is 0.920. The molecular weight excluding hydrogens is 265 g/mol. The number of thiazole rings is 1. The van der Waals surface area contributed by atoms with Gasteiger partial charge in [0.2, 0.25) is 0 Å². The second-order valence-corrected chi connectivity index (χ2v) is 5.51. The number of alkyl halides is 3. The molecule has 1 aliphatic heterocycles. The molecule has 18 heavy (non-hydrogen) atoms. The molecule has 102 valence electrons. The molecule has 7 heteroatoms. The maximum Gasteiger partial charge on any atom is 0.434 e. The summed E-state index contributed by atoms with van der Waals surface area (Å²) in [6, 6.07) is 0. The van der Waals surface area contributed by atoms with Gasteiger partial charge in [0.15, 0.2) is 5.69 Å². The third kappa shape index (κ3) is 3.21. The lowest BCUT2D eigenvalue weighted by Crippen LogP contribution is -2.13. The summed E-state index contributed by atoms with van der Waals surface area (Å²) >= 11 is 1.15. The minimum Gasteiger partial charge on any atom is -0.381 e. The predicted molar refractivity (Wildman–Crippen MR) is 62.5 cm³/mol. The molecule has 0 bridgehead atoms. The van der Waals surface area contributed by atoms with Gasteiger partial charge in [0.1, 0.15) is 0 Å². The smallest absolute Gasteiger partial charge is 0.381 e. The Bertz CT molecular complexity index is 399. The SMILES string of the molecule is CNCc1sc(CC2CCOC2)nc1C(F)(F)F. The lowest BCUT2D eigenvalue weighted by Gasteiger charge is -2.05. The van der Waals surface area contributed by atoms with Crippen LogP contribution in [0.2, 0.25) is 0 Å². The van der Waals surface area contributed by atoms with Crippen LogP contribution in [0.15, 0.2) is 0 Å². The summed E-state index contributed by atoms with van der Waals surface area (Å²) in [4.78, 5) is 4.02. The van der Waals surface area contributed by atoms with Gasteiger partial charge in [-0.05, 0) is 19.4 Å². The zero-order valence-corrected chi connectivity index (χ0v) is 10.8. The summed E-state index contributed by atoms with van der Waals surface area (Å²) < 4.78 is 43.6. The number of nitrogens with zero attached hydrogens (tertiary/aromatic N) is 1. The number of hydrogen-bond donors (Lipinski definition) is 1. The van der Waals surface area contributed by atoms with Gasteiger partial charge in [0.25, 0.3) is 0 Å². The first-order valence-electron chi connectivity index (χ1n) is 5.79. The standard InChI is InChI=1S/C11H15F3N2OS/c1-15-5-8-10(11(12,13)14)16-9(18-8)4-7-2-3-17-6-7/h7,15H,2-6H2,1H3. The van der Waals surface area contributed by atoms with Crippen molar-refractivity contribution in [1.29, 1.82) is 0 Å². The van der Waals surface area contributed by atoms with Crippen LogP contribution in [-0.4, -0.2) is 25.2 Å². The highest BCUT2D eigenvalue weighted by Gasteiger charge is 2.37. The van der Waals surface area contributed by atoms with E-state index in [0.717, 1.165) is 17.8 Å². The Kier molecular flexibility index (Phi) is 4.24. The molecule has 2 rings (SSSR count). The molecule has 0 radical (unpaired) electrons. The minimum atomic E-state index is -4.37. The van der Waals surface area contributed by atoms with Crippen molar-refractivity contribution in [2.24, 2.45) is 5.92 Å². The molecule has 0 amide bonds. The third-order valence-electron chi connectivity index (χ3n) is 2.83. The van der Waals surface area contributed by atoms with Gasteiger partial charge in [-0.2, -0.15) is 13.2 Å². The number of hydrogen-bond acceptors (Lipinski definition) is 4. The Morgan fingerprint density at radius 2 is 2.28 bits per heavy atom. The number of aromatic nitrogens is 1. The Morgan fingerprint density at radius 3 is 2.83 bits per heavy atom. The maximum atomic E-state index is 12.8. The molecule has 1 aromatic rings. The van der Waals surface area contributed by atoms with E-state index in [1.807, 2.05) is 0 Å². The van der Waals surface area contributed by atoms with Gasteiger partial charge < -0.3 is 10.1 Å². The van der Waals surface area contributed by atoms with Crippen molar-refractivity contribution in [2.45, 2.75) is 25.6 Å². The van der Waals surface area contributed by atoms with Crippen LogP contribution >= 0.6 is 11.3 Å². The molecule has 2 heterocycles. The normalized spacial score (nSPS) is 20.6. The minimum absolute atomic E-state index is 0.202. The fraction of sp³-hybridized carbons (Fsp3) is 0.727. The van der Waals surface area contributed by atoms with Crippen LogP contribution in [0.25, 0.3) is 0 Å². The zero-order chi connectivity index (χ0) is 13.2. The fourth-order valence-electron chi connectivity index (χ4n) is 1.98. The average molecular weight is 280 g/mol. The van der Waals surface area contributed by atoms with Gasteiger partial charge in [-0.3, -0.25) is 0 Å². The van der Waals surface area contributed by atoms with Crippen LogP contribution in [0, 0.1) is 5.92 Å². The molecule has 1 saturated heterocycles. The van der Waals surface area contributed by atoms with E-state index >= 15 is 0 Å². The summed E-state index contributed by atoms with van der Waals surface area (Å²) in [5.41, 5.74) is -0.740. The van der Waals surface area contributed by atoms with Gasteiger partial charge in [-0.1, -0.05) is 0 Å². The molecule has 1 aliphatic rings. The molecule has 1 fully saturated rings. The first kappa shape index (κ1) is 13.8. The molecule has 3 nitrogen and oxygen atoms in total. The summed E-state index contributed by atoms with van der Waals surface area (Å²) in [7, 11) is 1.63. The van der Waals surface area contributed by atoms with Crippen LogP contribution in [0.1, 0.15) is 22.0 Å². The Hall–Kier alpha value is -0.660. The van der Waals surface area contributed by atoms with E-state index in [0.29, 0.717) is 30.6 Å². The first-order chi connectivity index (χ1) is 8.50. The number of halogens is 3. The van der Waals surface area contributed by atoms with E-state index in [-0.39, 0.29) is 11.4 Å². The van der Waals surface area contributed by atoms with Crippen molar-refractivity contribution in [2.75, 3.05) is 20.3 Å². The number of rotatable bonds is 4. The average Bonchev–Trinajstić information content (AvgIpc) is 2.88. The maximum absolute atomic E-state index is 12.8. The van der Waals surface area contributed by atoms with Gasteiger partial charge in [-0.15, -0.1) is 11.3 Å². The predicted octanol–water partition coefficient (Wildman–Crippen LogP) is 2.46. The summed E-state index contributed by atoms with van der Waals surface area (Å²) in [6.45, 7) is 1.53. The lowest BCUT2D eigenvalue weighted by atomic mass is 10.1. The second kappa shape index (κ2) is 5.54. The van der Waals surface area contributed by atoms with E-state index in [9.17, 15) is 13.2 Å². The third-order valence-corrected chi connectivity index (χ3v) is 3.91. The van der Waals surface area contributed by atoms with Gasteiger partial charge >= 0.3 is 6.18 Å².